The predicted octanol–water partition coefficient (Wildman–Crippen LogP) is 2.71. The Labute approximate surface area is 122 Å². The molecule has 0 atom stereocenters. The van der Waals surface area contributed by atoms with E-state index in [9.17, 15) is 12.8 Å². The average molecular weight is 365 g/mol. The molecule has 8 heteroatoms. The Kier molecular flexibility index (Phi) is 4.24. The van der Waals surface area contributed by atoms with E-state index in [1.807, 2.05) is 6.07 Å². The molecular formula is C11H10BrFN2O2S2. The molecule has 1 aromatic carbocycles. The van der Waals surface area contributed by atoms with Gasteiger partial charge in [0.1, 0.15) is 5.82 Å². The summed E-state index contributed by atoms with van der Waals surface area (Å²) in [4.78, 5) is 0.667. The highest BCUT2D eigenvalue weighted by atomic mass is 79.9. The van der Waals surface area contributed by atoms with E-state index < -0.39 is 15.8 Å². The zero-order chi connectivity index (χ0) is 14.0. The number of hydrogen-bond donors (Lipinski definition) is 2. The lowest BCUT2D eigenvalue weighted by Gasteiger charge is -2.06. The van der Waals surface area contributed by atoms with Crippen LogP contribution in [-0.2, 0) is 16.6 Å². The summed E-state index contributed by atoms with van der Waals surface area (Å²) in [5.74, 6) is -0.681. The minimum Gasteiger partial charge on any atom is -0.399 e. The predicted molar refractivity (Wildman–Crippen MR) is 76.9 cm³/mol. The molecule has 19 heavy (non-hydrogen) atoms. The van der Waals surface area contributed by atoms with Gasteiger partial charge in [-0.15, -0.1) is 11.3 Å². The number of hydrogen-bond acceptors (Lipinski definition) is 4. The lowest BCUT2D eigenvalue weighted by molar-refractivity contribution is 0.578. The van der Waals surface area contributed by atoms with Gasteiger partial charge < -0.3 is 5.73 Å². The van der Waals surface area contributed by atoms with Gasteiger partial charge in [0, 0.05) is 17.1 Å². The standard InChI is InChI=1S/C11H10BrFN2O2S2/c12-11-2-1-9(18-11)6-15-19(16,17)10-4-7(13)3-8(14)5-10/h1-5,15H,6,14H2. The molecule has 2 rings (SSSR count). The van der Waals surface area contributed by atoms with Gasteiger partial charge >= 0.3 is 0 Å². The molecule has 0 fully saturated rings. The number of thiophene rings is 1. The smallest absolute Gasteiger partial charge is 0.241 e. The topological polar surface area (TPSA) is 72.2 Å². The molecule has 0 spiro atoms. The second-order valence-corrected chi connectivity index (χ2v) is 8.07. The van der Waals surface area contributed by atoms with Crippen LogP contribution < -0.4 is 10.5 Å². The minimum atomic E-state index is -3.77. The first kappa shape index (κ1) is 14.4. The molecule has 102 valence electrons. The summed E-state index contributed by atoms with van der Waals surface area (Å²) >= 11 is 4.71. The van der Waals surface area contributed by atoms with Gasteiger partial charge in [0.2, 0.25) is 10.0 Å². The van der Waals surface area contributed by atoms with E-state index in [-0.39, 0.29) is 17.1 Å². The quantitative estimate of drug-likeness (QED) is 0.819. The van der Waals surface area contributed by atoms with Crippen LogP contribution in [0.4, 0.5) is 10.1 Å². The summed E-state index contributed by atoms with van der Waals surface area (Å²) in [6, 6.07) is 6.85. The highest BCUT2D eigenvalue weighted by Gasteiger charge is 2.15. The van der Waals surface area contributed by atoms with E-state index in [4.69, 9.17) is 5.73 Å². The highest BCUT2D eigenvalue weighted by molar-refractivity contribution is 9.11. The van der Waals surface area contributed by atoms with Crippen molar-refractivity contribution in [3.05, 3.63) is 44.8 Å². The normalized spacial score (nSPS) is 11.7. The van der Waals surface area contributed by atoms with Crippen molar-refractivity contribution < 1.29 is 12.8 Å². The van der Waals surface area contributed by atoms with Gasteiger partial charge in [0.15, 0.2) is 0 Å². The van der Waals surface area contributed by atoms with E-state index in [0.29, 0.717) is 0 Å². The summed E-state index contributed by atoms with van der Waals surface area (Å²) in [5.41, 5.74) is 5.50. The summed E-state index contributed by atoms with van der Waals surface area (Å²) in [6.07, 6.45) is 0. The number of nitrogen functional groups attached to an aromatic ring is 1. The summed E-state index contributed by atoms with van der Waals surface area (Å²) in [6.45, 7) is 0.148. The van der Waals surface area contributed by atoms with Crippen LogP contribution in [0.2, 0.25) is 0 Å². The van der Waals surface area contributed by atoms with Gasteiger partial charge in [-0.2, -0.15) is 0 Å². The molecule has 0 amide bonds. The monoisotopic (exact) mass is 364 g/mol. The fourth-order valence-electron chi connectivity index (χ4n) is 1.44. The summed E-state index contributed by atoms with van der Waals surface area (Å²) in [7, 11) is -3.77. The third-order valence-electron chi connectivity index (χ3n) is 2.27. The molecule has 0 saturated carbocycles. The number of benzene rings is 1. The van der Waals surface area contributed by atoms with E-state index in [0.717, 1.165) is 20.8 Å². The highest BCUT2D eigenvalue weighted by Crippen LogP contribution is 2.22. The second kappa shape index (κ2) is 5.58. The van der Waals surface area contributed by atoms with Gasteiger partial charge in [-0.05, 0) is 46.3 Å². The van der Waals surface area contributed by atoms with E-state index in [1.165, 1.54) is 17.4 Å². The number of nitrogens with one attached hydrogen (secondary N) is 1. The molecular weight excluding hydrogens is 355 g/mol. The molecule has 0 unspecified atom stereocenters. The summed E-state index contributed by atoms with van der Waals surface area (Å²) < 4.78 is 40.4. The number of halogens is 2. The largest absolute Gasteiger partial charge is 0.399 e. The molecule has 2 aromatic rings. The molecule has 0 aliphatic carbocycles. The van der Waals surface area contributed by atoms with Crippen molar-refractivity contribution in [1.29, 1.82) is 0 Å². The molecule has 0 aliphatic rings. The zero-order valence-corrected chi connectivity index (χ0v) is 12.8. The summed E-state index contributed by atoms with van der Waals surface area (Å²) in [5, 5.41) is 0. The van der Waals surface area contributed by atoms with Crippen LogP contribution in [0.5, 0.6) is 0 Å². The number of rotatable bonds is 4. The molecule has 0 bridgehead atoms. The number of sulfonamides is 1. The molecule has 0 aliphatic heterocycles. The van der Waals surface area contributed by atoms with E-state index >= 15 is 0 Å². The number of nitrogens with two attached hydrogens (primary N) is 1. The molecule has 1 aromatic heterocycles. The van der Waals surface area contributed by atoms with Crippen molar-refractivity contribution >= 4 is 43.0 Å². The van der Waals surface area contributed by atoms with Crippen molar-refractivity contribution in [1.82, 2.24) is 4.72 Å². The van der Waals surface area contributed by atoms with Gasteiger partial charge in [-0.3, -0.25) is 0 Å². The first-order valence-electron chi connectivity index (χ1n) is 5.17. The van der Waals surface area contributed by atoms with Gasteiger partial charge in [0.25, 0.3) is 0 Å². The van der Waals surface area contributed by atoms with Gasteiger partial charge in [-0.1, -0.05) is 0 Å². The first-order chi connectivity index (χ1) is 8.87. The maximum atomic E-state index is 13.1. The Hall–Kier alpha value is -0.960. The fourth-order valence-corrected chi connectivity index (χ4v) is 4.02. The Morgan fingerprint density at radius 3 is 2.63 bits per heavy atom. The SMILES string of the molecule is Nc1cc(F)cc(S(=O)(=O)NCc2ccc(Br)s2)c1. The van der Waals surface area contributed by atoms with Crippen molar-refractivity contribution in [3.8, 4) is 0 Å². The Bertz CT molecular complexity index is 680. The van der Waals surface area contributed by atoms with Gasteiger partial charge in [0.05, 0.1) is 8.68 Å². The van der Waals surface area contributed by atoms with Crippen LogP contribution in [0, 0.1) is 5.82 Å². The third kappa shape index (κ3) is 3.75. The molecule has 0 radical (unpaired) electrons. The molecule has 1 heterocycles. The average Bonchev–Trinajstić information content (AvgIpc) is 2.71. The van der Waals surface area contributed by atoms with Crippen LogP contribution in [0.15, 0.2) is 39.0 Å². The Morgan fingerprint density at radius 1 is 1.32 bits per heavy atom. The molecule has 0 saturated heterocycles. The molecule has 4 nitrogen and oxygen atoms in total. The maximum absolute atomic E-state index is 13.1. The zero-order valence-electron chi connectivity index (χ0n) is 9.56. The van der Waals surface area contributed by atoms with Gasteiger partial charge in [-0.25, -0.2) is 17.5 Å². The third-order valence-corrected chi connectivity index (χ3v) is 5.27. The minimum absolute atomic E-state index is 0.0687. The lowest BCUT2D eigenvalue weighted by Crippen LogP contribution is -2.23. The van der Waals surface area contributed by atoms with Crippen molar-refractivity contribution in [2.45, 2.75) is 11.4 Å². The van der Waals surface area contributed by atoms with Crippen LogP contribution in [0.1, 0.15) is 4.88 Å². The molecule has 3 N–H and O–H groups in total. The lowest BCUT2D eigenvalue weighted by atomic mass is 10.3. The fraction of sp³-hybridized carbons (Fsp3) is 0.0909. The van der Waals surface area contributed by atoms with E-state index in [1.54, 1.807) is 6.07 Å². The van der Waals surface area contributed by atoms with E-state index in [2.05, 4.69) is 20.7 Å². The second-order valence-electron chi connectivity index (χ2n) is 3.75. The Morgan fingerprint density at radius 2 is 2.05 bits per heavy atom. The Balaban J connectivity index is 2.18. The first-order valence-corrected chi connectivity index (χ1v) is 8.26. The van der Waals surface area contributed by atoms with Crippen molar-refractivity contribution in [3.63, 3.8) is 0 Å². The van der Waals surface area contributed by atoms with Crippen LogP contribution in [-0.4, -0.2) is 8.42 Å². The van der Waals surface area contributed by atoms with Crippen molar-refractivity contribution in [2.75, 3.05) is 5.73 Å². The van der Waals surface area contributed by atoms with Crippen LogP contribution in [0.3, 0.4) is 0 Å². The van der Waals surface area contributed by atoms with Crippen LogP contribution >= 0.6 is 27.3 Å². The maximum Gasteiger partial charge on any atom is 0.241 e. The van der Waals surface area contributed by atoms with Crippen molar-refractivity contribution in [2.24, 2.45) is 0 Å². The van der Waals surface area contributed by atoms with Crippen LogP contribution in [0.25, 0.3) is 0 Å². The number of anilines is 1.